The van der Waals surface area contributed by atoms with Crippen LogP contribution >= 0.6 is 0 Å². The third kappa shape index (κ3) is 28.2. The molecule has 0 aliphatic heterocycles. The van der Waals surface area contributed by atoms with Gasteiger partial charge in [0.05, 0.1) is 34.8 Å². The minimum absolute atomic E-state index is 0.0252. The first-order valence-electron chi connectivity index (χ1n) is 21.0. The Bertz CT molecular complexity index is 1790. The Labute approximate surface area is 372 Å². The number of ether oxygens (including phenoxy) is 4. The zero-order valence-corrected chi connectivity index (χ0v) is 39.0. The number of Topliss-reactive ketones (excluding diaryl/α,β-unsaturated/α-hetero) is 2. The Hall–Kier alpha value is -5.22. The summed E-state index contributed by atoms with van der Waals surface area (Å²) in [5.41, 5.74) is 17.1. The summed E-state index contributed by atoms with van der Waals surface area (Å²) in [5, 5.41) is 9.61. The fourth-order valence-electron chi connectivity index (χ4n) is 5.28. The highest BCUT2D eigenvalue weighted by atomic mass is 19.4. The van der Waals surface area contributed by atoms with E-state index in [4.69, 9.17) is 41.7 Å². The number of hydrogen-bond acceptors (Lipinski definition) is 10. The first-order valence-corrected chi connectivity index (χ1v) is 20.3. The molecule has 3 aromatic rings. The predicted molar refractivity (Wildman–Crippen MR) is 239 cm³/mol. The van der Waals surface area contributed by atoms with Crippen molar-refractivity contribution in [3.63, 3.8) is 0 Å². The van der Waals surface area contributed by atoms with Gasteiger partial charge in [-0.1, -0.05) is 68.4 Å². The van der Waals surface area contributed by atoms with Gasteiger partial charge in [0, 0.05) is 18.9 Å². The number of ketones is 2. The van der Waals surface area contributed by atoms with E-state index in [0.29, 0.717) is 32.7 Å². The molecule has 0 saturated heterocycles. The van der Waals surface area contributed by atoms with Crippen molar-refractivity contribution in [3.05, 3.63) is 88.0 Å². The number of aliphatic carboxylic acids is 1. The average molecular weight is 899 g/mol. The number of aryl methyl sites for hydroxylation is 6. The molecule has 0 heterocycles. The van der Waals surface area contributed by atoms with Gasteiger partial charge in [-0.15, -0.1) is 0 Å². The lowest BCUT2D eigenvalue weighted by Crippen LogP contribution is -2.36. The summed E-state index contributed by atoms with van der Waals surface area (Å²) in [5.74, 6) is 0.332. The van der Waals surface area contributed by atoms with E-state index in [9.17, 15) is 31.9 Å². The number of nitrogens with two attached hydrogens (primary N) is 2. The third-order valence-corrected chi connectivity index (χ3v) is 8.19. The molecule has 63 heavy (non-hydrogen) atoms. The van der Waals surface area contributed by atoms with E-state index >= 15 is 0 Å². The van der Waals surface area contributed by atoms with Gasteiger partial charge in [0.25, 0.3) is 0 Å². The Morgan fingerprint density at radius 3 is 1.25 bits per heavy atom. The van der Waals surface area contributed by atoms with Gasteiger partial charge in [-0.2, -0.15) is 13.2 Å². The van der Waals surface area contributed by atoms with Gasteiger partial charge in [0.15, 0.2) is 5.78 Å². The molecule has 0 saturated carbocycles. The summed E-state index contributed by atoms with van der Waals surface area (Å²) in [6.45, 7) is 25.1. The Morgan fingerprint density at radius 1 is 0.683 bits per heavy atom. The van der Waals surface area contributed by atoms with E-state index < -0.39 is 31.0 Å². The second-order valence-corrected chi connectivity index (χ2v) is 16.1. The molecule has 3 unspecified atom stereocenters. The van der Waals surface area contributed by atoms with Crippen LogP contribution in [0.2, 0.25) is 0 Å². The van der Waals surface area contributed by atoms with Crippen molar-refractivity contribution in [2.24, 2.45) is 23.3 Å². The number of carbonyl (C=O) groups is 4. The number of carboxylic acid groups (broad SMARTS) is 1. The summed E-state index contributed by atoms with van der Waals surface area (Å²) in [7, 11) is -1.00. The number of carboxylic acids is 1. The standard InChI is InChI=1S/C19H29NO4.C14H21NO2.C11H17NO.C2HF3O2.CH3F/c1-13(12-23-17-14(2)8-7-9-15(17)3)10-16(21)11-20-18(22)24-19(4,5)6;1-10(7-13(16)8-15)9-17-14-11(2)5-4-6-12(14)3;1-8-5-4-6-9(2)11(8)13-7-10(3)12;3-2(4,5)1(6)7;1-2/h7-9,13H,10-12H2,1-6H3,(H,20,22);4-6,10H,7-9,15H2,1-3H3;4-6,10H,7,12H2,1-3H3;(H,6,7);1H3/i;;;;1D. The molecule has 0 aliphatic carbocycles. The molecule has 3 aromatic carbocycles. The first-order chi connectivity index (χ1) is 29.6. The molecule has 6 N–H and O–H groups in total. The Morgan fingerprint density at radius 2 is 0.984 bits per heavy atom. The van der Waals surface area contributed by atoms with E-state index in [-0.39, 0.29) is 42.5 Å². The molecule has 12 nitrogen and oxygen atoms in total. The van der Waals surface area contributed by atoms with Crippen molar-refractivity contribution in [1.82, 2.24) is 5.32 Å². The lowest BCUT2D eigenvalue weighted by atomic mass is 10.1. The smallest absolute Gasteiger partial charge is 0.490 e. The minimum Gasteiger partial charge on any atom is -0.493 e. The lowest BCUT2D eigenvalue weighted by Gasteiger charge is -2.19. The summed E-state index contributed by atoms with van der Waals surface area (Å²) in [6.07, 6.45) is -4.82. The number of para-hydroxylation sites is 3. The zero-order valence-electron chi connectivity index (χ0n) is 40.0. The highest BCUT2D eigenvalue weighted by Gasteiger charge is 2.38. The van der Waals surface area contributed by atoms with Crippen LogP contribution in [-0.4, -0.2) is 86.6 Å². The van der Waals surface area contributed by atoms with Crippen LogP contribution in [0.5, 0.6) is 17.2 Å². The van der Waals surface area contributed by atoms with Crippen LogP contribution in [0.4, 0.5) is 22.4 Å². The van der Waals surface area contributed by atoms with E-state index in [1.807, 2.05) is 117 Å². The maximum absolute atomic E-state index is 11.9. The summed E-state index contributed by atoms with van der Waals surface area (Å²) >= 11 is 0. The van der Waals surface area contributed by atoms with Crippen LogP contribution in [0, 0.1) is 53.4 Å². The summed E-state index contributed by atoms with van der Waals surface area (Å²) < 4.78 is 69.6. The average Bonchev–Trinajstić information content (AvgIpc) is 3.16. The molecule has 1 amide bonds. The third-order valence-electron chi connectivity index (χ3n) is 8.19. The topological polar surface area (TPSA) is 190 Å². The quantitative estimate of drug-likeness (QED) is 0.100. The molecule has 0 radical (unpaired) electrons. The molecule has 3 rings (SSSR count). The van der Waals surface area contributed by atoms with Gasteiger partial charge in [-0.3, -0.25) is 14.0 Å². The zero-order chi connectivity index (χ0) is 49.8. The summed E-state index contributed by atoms with van der Waals surface area (Å²) in [4.78, 5) is 43.5. The van der Waals surface area contributed by atoms with Crippen LogP contribution in [0.15, 0.2) is 54.6 Å². The fourth-order valence-corrected chi connectivity index (χ4v) is 5.28. The molecule has 0 bridgehead atoms. The summed E-state index contributed by atoms with van der Waals surface area (Å²) in [6, 6.07) is 18.3. The number of hydrogen-bond donors (Lipinski definition) is 4. The van der Waals surface area contributed by atoms with E-state index in [0.717, 1.165) is 39.5 Å². The monoisotopic (exact) mass is 899 g/mol. The largest absolute Gasteiger partial charge is 0.493 e. The van der Waals surface area contributed by atoms with Gasteiger partial charge in [0.1, 0.15) is 35.2 Å². The number of nitrogens with one attached hydrogen (secondary N) is 1. The van der Waals surface area contributed by atoms with Gasteiger partial charge >= 0.3 is 18.2 Å². The van der Waals surface area contributed by atoms with Gasteiger partial charge in [0.2, 0.25) is 0 Å². The molecule has 16 heteroatoms. The van der Waals surface area contributed by atoms with E-state index in [2.05, 4.69) is 5.32 Å². The van der Waals surface area contributed by atoms with Gasteiger partial charge < -0.3 is 40.8 Å². The molecule has 0 fully saturated rings. The van der Waals surface area contributed by atoms with Gasteiger partial charge in [-0.25, -0.2) is 9.59 Å². The van der Waals surface area contributed by atoms with Crippen LogP contribution in [0.1, 0.15) is 89.1 Å². The van der Waals surface area contributed by atoms with Crippen molar-refractivity contribution < 1.29 is 62.2 Å². The number of alkyl halides is 4. The van der Waals surface area contributed by atoms with Crippen molar-refractivity contribution in [1.29, 1.82) is 0 Å². The molecular formula is C47H71F4N3O9. The SMILES string of the molecule is Cc1cccc(C)c1OCC(C)CC(=O)CN.Cc1cccc(C)c1OCC(C)CC(=O)CNC(=O)OC(C)(C)C.Cc1cccc(C)c1OCC(C)N.O=C(O)C(F)(F)F.[2H]CF. The van der Waals surface area contributed by atoms with Crippen molar-refractivity contribution >= 4 is 23.6 Å². The second kappa shape index (κ2) is 30.8. The molecule has 0 spiro atoms. The number of halogens is 4. The number of carbonyl (C=O) groups excluding carboxylic acids is 3. The lowest BCUT2D eigenvalue weighted by molar-refractivity contribution is -0.192. The number of benzene rings is 3. The van der Waals surface area contributed by atoms with Crippen LogP contribution < -0.4 is 31.0 Å². The maximum atomic E-state index is 11.9. The maximum Gasteiger partial charge on any atom is 0.490 e. The van der Waals surface area contributed by atoms with Crippen molar-refractivity contribution in [2.45, 2.75) is 114 Å². The van der Waals surface area contributed by atoms with E-state index in [1.54, 1.807) is 20.8 Å². The Kier molecular flexibility index (Phi) is 28.2. The molecule has 3 atom stereocenters. The highest BCUT2D eigenvalue weighted by molar-refractivity contribution is 5.84. The second-order valence-electron chi connectivity index (χ2n) is 16.1. The van der Waals surface area contributed by atoms with Crippen molar-refractivity contribution in [3.8, 4) is 17.2 Å². The first kappa shape index (κ1) is 57.8. The van der Waals surface area contributed by atoms with Crippen LogP contribution in [-0.2, 0) is 19.1 Å². The fraction of sp³-hybridized carbons (Fsp3) is 0.532. The number of rotatable bonds is 16. The predicted octanol–water partition coefficient (Wildman–Crippen LogP) is 9.29. The number of alkyl carbamates (subject to hydrolysis) is 1. The molecule has 0 aromatic heterocycles. The molecule has 356 valence electrons. The van der Waals surface area contributed by atoms with E-state index in [1.165, 1.54) is 11.1 Å². The Balaban J connectivity index is 0. The normalized spacial score (nSPS) is 12.2. The highest BCUT2D eigenvalue weighted by Crippen LogP contribution is 2.25. The van der Waals surface area contributed by atoms with Crippen LogP contribution in [0.25, 0.3) is 0 Å². The molecule has 0 aliphatic rings. The minimum atomic E-state index is -5.08. The number of amides is 1. The molecular weight excluding hydrogens is 827 g/mol. The van der Waals surface area contributed by atoms with Crippen LogP contribution in [0.3, 0.4) is 0 Å². The van der Waals surface area contributed by atoms with Crippen molar-refractivity contribution in [2.75, 3.05) is 40.1 Å². The van der Waals surface area contributed by atoms with Gasteiger partial charge in [-0.05, 0) is 114 Å².